The average molecular weight is 367 g/mol. The van der Waals surface area contributed by atoms with Gasteiger partial charge in [0.1, 0.15) is 5.82 Å². The summed E-state index contributed by atoms with van der Waals surface area (Å²) in [5.74, 6) is 1.31. The first-order valence-corrected chi connectivity index (χ1v) is 9.69. The van der Waals surface area contributed by atoms with Gasteiger partial charge in [-0.25, -0.2) is 9.97 Å². The Balaban J connectivity index is 1.49. The molecule has 2 aromatic rings. The number of nitro groups is 1. The van der Waals surface area contributed by atoms with Crippen LogP contribution in [0.5, 0.6) is 0 Å². The normalized spacial score (nSPS) is 20.9. The summed E-state index contributed by atoms with van der Waals surface area (Å²) in [7, 11) is 0. The molecular formula is C20H25N5O2. The smallest absolute Gasteiger partial charge is 0.270 e. The largest absolute Gasteiger partial charge is 0.366 e. The third kappa shape index (κ3) is 4.08. The van der Waals surface area contributed by atoms with E-state index < -0.39 is 4.92 Å². The van der Waals surface area contributed by atoms with Gasteiger partial charge in [-0.05, 0) is 26.2 Å². The minimum atomic E-state index is -0.394. The van der Waals surface area contributed by atoms with E-state index in [1.54, 1.807) is 6.07 Å². The Morgan fingerprint density at radius 1 is 1.19 bits per heavy atom. The van der Waals surface area contributed by atoms with Gasteiger partial charge in [-0.2, -0.15) is 0 Å². The van der Waals surface area contributed by atoms with Gasteiger partial charge in [0.15, 0.2) is 5.82 Å². The van der Waals surface area contributed by atoms with Crippen molar-refractivity contribution in [2.24, 2.45) is 0 Å². The second-order valence-corrected chi connectivity index (χ2v) is 7.59. The summed E-state index contributed by atoms with van der Waals surface area (Å²) in [5.41, 5.74) is 1.56. The molecule has 2 fully saturated rings. The summed E-state index contributed by atoms with van der Waals surface area (Å²) < 4.78 is 0. The average Bonchev–Trinajstić information content (AvgIpc) is 3.33. The zero-order valence-electron chi connectivity index (χ0n) is 15.6. The number of anilines is 1. The van der Waals surface area contributed by atoms with E-state index in [0.29, 0.717) is 17.4 Å². The lowest BCUT2D eigenvalue weighted by atomic mass is 10.2. The van der Waals surface area contributed by atoms with Crippen molar-refractivity contribution in [1.29, 1.82) is 0 Å². The van der Waals surface area contributed by atoms with Crippen LogP contribution in [0.1, 0.15) is 37.8 Å². The summed E-state index contributed by atoms with van der Waals surface area (Å²) >= 11 is 0. The molecule has 1 aromatic heterocycles. The zero-order chi connectivity index (χ0) is 18.8. The Labute approximate surface area is 159 Å². The van der Waals surface area contributed by atoms with Crippen molar-refractivity contribution in [3.05, 3.63) is 46.1 Å². The molecule has 7 heteroatoms. The van der Waals surface area contributed by atoms with Crippen molar-refractivity contribution < 1.29 is 4.92 Å². The van der Waals surface area contributed by atoms with Crippen LogP contribution >= 0.6 is 0 Å². The van der Waals surface area contributed by atoms with E-state index in [2.05, 4.69) is 20.2 Å². The number of aromatic nitrogens is 2. The molecule has 2 aliphatic rings. The molecule has 27 heavy (non-hydrogen) atoms. The molecule has 2 heterocycles. The molecule has 1 aromatic carbocycles. The van der Waals surface area contributed by atoms with E-state index in [1.165, 1.54) is 37.8 Å². The van der Waals surface area contributed by atoms with E-state index in [4.69, 9.17) is 0 Å². The number of hydrogen-bond acceptors (Lipinski definition) is 6. The van der Waals surface area contributed by atoms with E-state index in [0.717, 1.165) is 37.1 Å². The summed E-state index contributed by atoms with van der Waals surface area (Å²) in [6, 6.07) is 9.57. The fourth-order valence-electron chi connectivity index (χ4n) is 4.25. The third-order valence-corrected chi connectivity index (χ3v) is 5.58. The first-order chi connectivity index (χ1) is 13.1. The SMILES string of the molecule is Cc1cc(NC2CCN(C3CCCC3)C2)nc(-c2cccc([N+](=O)[O-])c2)n1. The lowest BCUT2D eigenvalue weighted by Crippen LogP contribution is -2.33. The van der Waals surface area contributed by atoms with Gasteiger partial charge in [-0.3, -0.25) is 15.0 Å². The Bertz CT molecular complexity index is 835. The molecule has 0 spiro atoms. The van der Waals surface area contributed by atoms with Crippen molar-refractivity contribution in [3.63, 3.8) is 0 Å². The molecule has 7 nitrogen and oxygen atoms in total. The maximum Gasteiger partial charge on any atom is 0.270 e. The van der Waals surface area contributed by atoms with Crippen molar-refractivity contribution in [1.82, 2.24) is 14.9 Å². The number of rotatable bonds is 5. The van der Waals surface area contributed by atoms with Gasteiger partial charge in [0, 0.05) is 54.6 Å². The number of nitrogens with zero attached hydrogens (tertiary/aromatic N) is 4. The van der Waals surface area contributed by atoms with Crippen LogP contribution < -0.4 is 5.32 Å². The second-order valence-electron chi connectivity index (χ2n) is 7.59. The van der Waals surface area contributed by atoms with Crippen molar-refractivity contribution in [3.8, 4) is 11.4 Å². The number of aryl methyl sites for hydroxylation is 1. The maximum absolute atomic E-state index is 11.0. The molecule has 1 N–H and O–H groups in total. The molecule has 1 saturated heterocycles. The van der Waals surface area contributed by atoms with Gasteiger partial charge in [0.05, 0.1) is 4.92 Å². The van der Waals surface area contributed by atoms with E-state index >= 15 is 0 Å². The summed E-state index contributed by atoms with van der Waals surface area (Å²) in [6.07, 6.45) is 6.49. The van der Waals surface area contributed by atoms with E-state index in [9.17, 15) is 10.1 Å². The molecule has 1 aliphatic heterocycles. The molecule has 1 atom stereocenters. The number of hydrogen-bond donors (Lipinski definition) is 1. The highest BCUT2D eigenvalue weighted by Gasteiger charge is 2.30. The minimum absolute atomic E-state index is 0.0510. The lowest BCUT2D eigenvalue weighted by molar-refractivity contribution is -0.384. The Hall–Kier alpha value is -2.54. The molecular weight excluding hydrogens is 342 g/mol. The quantitative estimate of drug-likeness (QED) is 0.639. The molecule has 0 bridgehead atoms. The Morgan fingerprint density at radius 2 is 2.00 bits per heavy atom. The monoisotopic (exact) mass is 367 g/mol. The fourth-order valence-corrected chi connectivity index (χ4v) is 4.25. The molecule has 1 saturated carbocycles. The highest BCUT2D eigenvalue weighted by molar-refractivity contribution is 5.61. The first-order valence-electron chi connectivity index (χ1n) is 9.69. The Kier molecular flexibility index (Phi) is 5.03. The number of nitro benzene ring substituents is 1. The summed E-state index contributed by atoms with van der Waals surface area (Å²) in [6.45, 7) is 4.12. The third-order valence-electron chi connectivity index (χ3n) is 5.58. The molecule has 0 amide bonds. The van der Waals surface area contributed by atoms with Crippen LogP contribution in [0, 0.1) is 17.0 Å². The van der Waals surface area contributed by atoms with Crippen LogP contribution in [0.2, 0.25) is 0 Å². The van der Waals surface area contributed by atoms with E-state index in [-0.39, 0.29) is 5.69 Å². The minimum Gasteiger partial charge on any atom is -0.366 e. The predicted octanol–water partition coefficient (Wildman–Crippen LogP) is 3.79. The molecule has 142 valence electrons. The van der Waals surface area contributed by atoms with Gasteiger partial charge in [-0.1, -0.05) is 25.0 Å². The van der Waals surface area contributed by atoms with Crippen molar-refractivity contribution in [2.75, 3.05) is 18.4 Å². The molecule has 4 rings (SSSR count). The first kappa shape index (κ1) is 17.9. The molecule has 0 radical (unpaired) electrons. The predicted molar refractivity (Wildman–Crippen MR) is 105 cm³/mol. The van der Waals surface area contributed by atoms with Crippen LogP contribution in [-0.4, -0.2) is 45.0 Å². The highest BCUT2D eigenvalue weighted by Crippen LogP contribution is 2.28. The highest BCUT2D eigenvalue weighted by atomic mass is 16.6. The van der Waals surface area contributed by atoms with Crippen LogP contribution in [-0.2, 0) is 0 Å². The van der Waals surface area contributed by atoms with E-state index in [1.807, 2.05) is 19.1 Å². The molecule has 1 unspecified atom stereocenters. The van der Waals surface area contributed by atoms with Gasteiger partial charge in [-0.15, -0.1) is 0 Å². The number of non-ortho nitro benzene ring substituents is 1. The maximum atomic E-state index is 11.0. The van der Waals surface area contributed by atoms with Crippen molar-refractivity contribution >= 4 is 11.5 Å². The number of benzene rings is 1. The Morgan fingerprint density at radius 3 is 2.78 bits per heavy atom. The van der Waals surface area contributed by atoms with Gasteiger partial charge in [0.25, 0.3) is 5.69 Å². The standard InChI is InChI=1S/C20H25N5O2/c1-14-11-19(22-16-9-10-24(13-16)17-6-2-3-7-17)23-20(21-14)15-5-4-8-18(12-15)25(26)27/h4-5,8,11-12,16-17H,2-3,6-7,9-10,13H2,1H3,(H,21,22,23). The fraction of sp³-hybridized carbons (Fsp3) is 0.500. The zero-order valence-corrected chi connectivity index (χ0v) is 15.6. The number of likely N-dealkylation sites (tertiary alicyclic amines) is 1. The molecule has 1 aliphatic carbocycles. The van der Waals surface area contributed by atoms with Crippen molar-refractivity contribution in [2.45, 2.75) is 51.1 Å². The van der Waals surface area contributed by atoms with Gasteiger partial charge in [0.2, 0.25) is 0 Å². The van der Waals surface area contributed by atoms with Crippen LogP contribution in [0.4, 0.5) is 11.5 Å². The number of nitrogens with one attached hydrogen (secondary N) is 1. The lowest BCUT2D eigenvalue weighted by Gasteiger charge is -2.23. The summed E-state index contributed by atoms with van der Waals surface area (Å²) in [4.78, 5) is 22.4. The van der Waals surface area contributed by atoms with Crippen LogP contribution in [0.25, 0.3) is 11.4 Å². The van der Waals surface area contributed by atoms with Crippen LogP contribution in [0.15, 0.2) is 30.3 Å². The topological polar surface area (TPSA) is 84.2 Å². The van der Waals surface area contributed by atoms with Gasteiger partial charge >= 0.3 is 0 Å². The summed E-state index contributed by atoms with van der Waals surface area (Å²) in [5, 5.41) is 14.6. The van der Waals surface area contributed by atoms with Gasteiger partial charge < -0.3 is 5.32 Å². The van der Waals surface area contributed by atoms with Crippen LogP contribution in [0.3, 0.4) is 0 Å². The second kappa shape index (κ2) is 7.60.